The van der Waals surface area contributed by atoms with Crippen LogP contribution in [0, 0.1) is 6.92 Å². The SMILES string of the molecule is Cc1cscc1C1CCN1. The Hall–Kier alpha value is -0.340. The van der Waals surface area contributed by atoms with Crippen molar-refractivity contribution in [2.75, 3.05) is 6.54 Å². The van der Waals surface area contributed by atoms with Crippen molar-refractivity contribution in [1.82, 2.24) is 5.32 Å². The fourth-order valence-corrected chi connectivity index (χ4v) is 2.19. The second-order valence-corrected chi connectivity index (χ2v) is 3.55. The minimum atomic E-state index is 0.672. The maximum absolute atomic E-state index is 3.40. The number of thiophene rings is 1. The highest BCUT2D eigenvalue weighted by Crippen LogP contribution is 2.27. The molecule has 0 saturated carbocycles. The van der Waals surface area contributed by atoms with Gasteiger partial charge in [0.25, 0.3) is 0 Å². The predicted octanol–water partition coefficient (Wildman–Crippen LogP) is 2.09. The van der Waals surface area contributed by atoms with Gasteiger partial charge in [-0.1, -0.05) is 0 Å². The molecule has 2 heterocycles. The molecule has 1 N–H and O–H groups in total. The Morgan fingerprint density at radius 3 is 2.80 bits per heavy atom. The van der Waals surface area contributed by atoms with Gasteiger partial charge in [0.15, 0.2) is 0 Å². The largest absolute Gasteiger partial charge is 0.310 e. The molecule has 1 atom stereocenters. The van der Waals surface area contributed by atoms with E-state index >= 15 is 0 Å². The molecule has 1 aromatic rings. The molecule has 0 bridgehead atoms. The molecule has 1 unspecified atom stereocenters. The van der Waals surface area contributed by atoms with Crippen LogP contribution in [0.3, 0.4) is 0 Å². The molecular weight excluding hydrogens is 142 g/mol. The number of aryl methyl sites for hydroxylation is 1. The van der Waals surface area contributed by atoms with Gasteiger partial charge in [-0.25, -0.2) is 0 Å². The summed E-state index contributed by atoms with van der Waals surface area (Å²) < 4.78 is 0. The fraction of sp³-hybridized carbons (Fsp3) is 0.500. The zero-order valence-electron chi connectivity index (χ0n) is 6.05. The highest BCUT2D eigenvalue weighted by atomic mass is 32.1. The van der Waals surface area contributed by atoms with Crippen LogP contribution in [-0.4, -0.2) is 6.54 Å². The van der Waals surface area contributed by atoms with Gasteiger partial charge in [-0.2, -0.15) is 11.3 Å². The zero-order valence-corrected chi connectivity index (χ0v) is 6.87. The highest BCUT2D eigenvalue weighted by Gasteiger charge is 2.19. The van der Waals surface area contributed by atoms with Crippen molar-refractivity contribution in [3.8, 4) is 0 Å². The Bertz CT molecular complexity index is 225. The van der Waals surface area contributed by atoms with Gasteiger partial charge in [0, 0.05) is 6.04 Å². The molecule has 54 valence electrons. The first kappa shape index (κ1) is 6.38. The standard InChI is InChI=1S/C8H11NS/c1-6-4-10-5-7(6)8-2-3-9-8/h4-5,8-9H,2-3H2,1H3. The van der Waals surface area contributed by atoms with Crippen LogP contribution in [-0.2, 0) is 0 Å². The monoisotopic (exact) mass is 153 g/mol. The maximum Gasteiger partial charge on any atom is 0.0343 e. The van der Waals surface area contributed by atoms with E-state index in [9.17, 15) is 0 Å². The summed E-state index contributed by atoms with van der Waals surface area (Å²) in [4.78, 5) is 0. The third kappa shape index (κ3) is 0.879. The molecule has 1 aliphatic rings. The van der Waals surface area contributed by atoms with Crippen molar-refractivity contribution in [2.45, 2.75) is 19.4 Å². The first-order valence-corrected chi connectivity index (χ1v) is 4.58. The summed E-state index contributed by atoms with van der Waals surface area (Å²) in [5.41, 5.74) is 2.96. The number of rotatable bonds is 1. The van der Waals surface area contributed by atoms with Crippen molar-refractivity contribution in [2.24, 2.45) is 0 Å². The summed E-state index contributed by atoms with van der Waals surface area (Å²) >= 11 is 1.80. The summed E-state index contributed by atoms with van der Waals surface area (Å²) in [5.74, 6) is 0. The van der Waals surface area contributed by atoms with E-state index in [4.69, 9.17) is 0 Å². The van der Waals surface area contributed by atoms with Crippen molar-refractivity contribution in [1.29, 1.82) is 0 Å². The first-order chi connectivity index (χ1) is 4.88. The van der Waals surface area contributed by atoms with Gasteiger partial charge >= 0.3 is 0 Å². The number of nitrogens with one attached hydrogen (secondary N) is 1. The molecule has 10 heavy (non-hydrogen) atoms. The molecular formula is C8H11NS. The second-order valence-electron chi connectivity index (χ2n) is 2.81. The summed E-state index contributed by atoms with van der Waals surface area (Å²) in [6, 6.07) is 0.672. The van der Waals surface area contributed by atoms with Gasteiger partial charge in [0.1, 0.15) is 0 Å². The van der Waals surface area contributed by atoms with Crippen LogP contribution in [0.15, 0.2) is 10.8 Å². The smallest absolute Gasteiger partial charge is 0.0343 e. The third-order valence-corrected chi connectivity index (χ3v) is 2.97. The highest BCUT2D eigenvalue weighted by molar-refractivity contribution is 7.08. The lowest BCUT2D eigenvalue weighted by Gasteiger charge is -2.27. The van der Waals surface area contributed by atoms with Crippen LogP contribution in [0.4, 0.5) is 0 Å². The molecule has 1 nitrogen and oxygen atoms in total. The minimum Gasteiger partial charge on any atom is -0.310 e. The molecule has 0 amide bonds. The molecule has 0 radical (unpaired) electrons. The van der Waals surface area contributed by atoms with Gasteiger partial charge in [0.2, 0.25) is 0 Å². The Morgan fingerprint density at radius 1 is 1.60 bits per heavy atom. The number of hydrogen-bond donors (Lipinski definition) is 1. The topological polar surface area (TPSA) is 12.0 Å². The van der Waals surface area contributed by atoms with E-state index in [-0.39, 0.29) is 0 Å². The van der Waals surface area contributed by atoms with Crippen LogP contribution in [0.2, 0.25) is 0 Å². The zero-order chi connectivity index (χ0) is 6.97. The Labute approximate surface area is 65.1 Å². The normalized spacial score (nSPS) is 24.3. The van der Waals surface area contributed by atoms with E-state index in [2.05, 4.69) is 23.0 Å². The summed E-state index contributed by atoms with van der Waals surface area (Å²) in [6.45, 7) is 3.38. The first-order valence-electron chi connectivity index (χ1n) is 3.64. The third-order valence-electron chi connectivity index (χ3n) is 2.09. The van der Waals surface area contributed by atoms with E-state index in [0.29, 0.717) is 6.04 Å². The van der Waals surface area contributed by atoms with Crippen LogP contribution in [0.1, 0.15) is 23.6 Å². The predicted molar refractivity (Wildman–Crippen MR) is 44.4 cm³/mol. The van der Waals surface area contributed by atoms with Crippen LogP contribution < -0.4 is 5.32 Å². The molecule has 0 aliphatic carbocycles. The molecule has 2 heteroatoms. The summed E-state index contributed by atoms with van der Waals surface area (Å²) in [7, 11) is 0. The van der Waals surface area contributed by atoms with Gasteiger partial charge in [-0.15, -0.1) is 0 Å². The summed E-state index contributed by atoms with van der Waals surface area (Å²) in [6.07, 6.45) is 1.32. The van der Waals surface area contributed by atoms with Crippen molar-refractivity contribution >= 4 is 11.3 Å². The molecule has 1 fully saturated rings. The van der Waals surface area contributed by atoms with E-state index in [0.717, 1.165) is 0 Å². The molecule has 2 rings (SSSR count). The van der Waals surface area contributed by atoms with Crippen LogP contribution in [0.25, 0.3) is 0 Å². The fourth-order valence-electron chi connectivity index (χ4n) is 1.28. The average molecular weight is 153 g/mol. The van der Waals surface area contributed by atoms with E-state index < -0.39 is 0 Å². The summed E-state index contributed by atoms with van der Waals surface area (Å²) in [5, 5.41) is 7.87. The molecule has 0 aromatic carbocycles. The average Bonchev–Trinajstić information content (AvgIpc) is 2.12. The lowest BCUT2D eigenvalue weighted by Crippen LogP contribution is -2.34. The molecule has 1 saturated heterocycles. The Kier molecular flexibility index (Phi) is 1.51. The minimum absolute atomic E-state index is 0.672. The molecule has 1 aliphatic heterocycles. The van der Waals surface area contributed by atoms with Crippen molar-refractivity contribution in [3.05, 3.63) is 21.9 Å². The van der Waals surface area contributed by atoms with E-state index in [1.807, 2.05) is 0 Å². The number of hydrogen-bond acceptors (Lipinski definition) is 2. The lowest BCUT2D eigenvalue weighted by atomic mass is 9.98. The maximum atomic E-state index is 3.40. The lowest BCUT2D eigenvalue weighted by molar-refractivity contribution is 0.383. The molecule has 0 spiro atoms. The van der Waals surface area contributed by atoms with E-state index in [1.54, 1.807) is 11.3 Å². The van der Waals surface area contributed by atoms with Crippen LogP contribution in [0.5, 0.6) is 0 Å². The van der Waals surface area contributed by atoms with Gasteiger partial charge < -0.3 is 5.32 Å². The van der Waals surface area contributed by atoms with Gasteiger partial charge in [0.05, 0.1) is 0 Å². The van der Waals surface area contributed by atoms with Crippen molar-refractivity contribution < 1.29 is 0 Å². The van der Waals surface area contributed by atoms with Crippen molar-refractivity contribution in [3.63, 3.8) is 0 Å². The quantitative estimate of drug-likeness (QED) is 0.651. The second kappa shape index (κ2) is 2.36. The van der Waals surface area contributed by atoms with Crippen LogP contribution >= 0.6 is 11.3 Å². The van der Waals surface area contributed by atoms with Gasteiger partial charge in [-0.05, 0) is 41.8 Å². The van der Waals surface area contributed by atoms with E-state index in [1.165, 1.54) is 24.1 Å². The molecule has 1 aromatic heterocycles. The Morgan fingerprint density at radius 2 is 2.40 bits per heavy atom. The Balaban J connectivity index is 2.23. The van der Waals surface area contributed by atoms with Gasteiger partial charge in [-0.3, -0.25) is 0 Å².